The summed E-state index contributed by atoms with van der Waals surface area (Å²) in [5, 5.41) is 17.5. The summed E-state index contributed by atoms with van der Waals surface area (Å²) in [5.74, 6) is 0. The van der Waals surface area contributed by atoms with E-state index in [1.165, 1.54) is 5.57 Å². The maximum absolute atomic E-state index is 10.4. The van der Waals surface area contributed by atoms with Crippen molar-refractivity contribution in [1.82, 2.24) is 0 Å². The van der Waals surface area contributed by atoms with Crippen molar-refractivity contribution in [1.29, 1.82) is 0 Å². The minimum Gasteiger partial charge on any atom is -0.440 e. The molecule has 1 aliphatic carbocycles. The molecule has 0 fully saturated rings. The molecule has 3 heteroatoms. The molecule has 0 bridgehead atoms. The lowest BCUT2D eigenvalue weighted by atomic mass is 9.75. The molecule has 2 atom stereocenters. The van der Waals surface area contributed by atoms with Gasteiger partial charge >= 0.3 is 0 Å². The Morgan fingerprint density at radius 3 is 2.82 bits per heavy atom. The quantitative estimate of drug-likeness (QED) is 0.586. The number of aliphatic hydroxyl groups is 1. The van der Waals surface area contributed by atoms with Crippen LogP contribution in [0.4, 0.5) is 0 Å². The van der Waals surface area contributed by atoms with Gasteiger partial charge in [0.15, 0.2) is 6.10 Å². The number of hydrogen-bond donors (Lipinski definition) is 1. The molecule has 0 aliphatic heterocycles. The highest BCUT2D eigenvalue weighted by Gasteiger charge is 2.28. The number of rotatable bonds is 5. The SMILES string of the molecule is CC1=CC(C(C)(C)CC(O)CC=O)=CCC1[OH2+]. The predicted molar refractivity (Wildman–Crippen MR) is 68.9 cm³/mol. The first-order chi connectivity index (χ1) is 7.86. The molecule has 0 saturated heterocycles. The van der Waals surface area contributed by atoms with E-state index < -0.39 is 6.10 Å². The van der Waals surface area contributed by atoms with E-state index in [1.807, 2.05) is 6.92 Å². The summed E-state index contributed by atoms with van der Waals surface area (Å²) in [6.45, 7) is 6.12. The molecular weight excluding hydrogens is 216 g/mol. The topological polar surface area (TPSA) is 60.2 Å². The van der Waals surface area contributed by atoms with Gasteiger partial charge in [-0.15, -0.1) is 0 Å². The second kappa shape index (κ2) is 5.61. The van der Waals surface area contributed by atoms with Crippen molar-refractivity contribution in [2.75, 3.05) is 0 Å². The molecule has 0 spiro atoms. The monoisotopic (exact) mass is 239 g/mol. The van der Waals surface area contributed by atoms with Crippen molar-refractivity contribution in [2.24, 2.45) is 5.41 Å². The summed E-state index contributed by atoms with van der Waals surface area (Å²) in [4.78, 5) is 10.4. The molecule has 3 N–H and O–H groups in total. The van der Waals surface area contributed by atoms with Gasteiger partial charge in [0.1, 0.15) is 6.29 Å². The molecule has 2 unspecified atom stereocenters. The third-order valence-corrected chi connectivity index (χ3v) is 3.40. The van der Waals surface area contributed by atoms with Crippen LogP contribution < -0.4 is 0 Å². The molecule has 1 rings (SSSR count). The summed E-state index contributed by atoms with van der Waals surface area (Å²) in [7, 11) is 0. The number of carbonyl (C=O) groups is 1. The summed E-state index contributed by atoms with van der Waals surface area (Å²) < 4.78 is 0. The minimum atomic E-state index is -0.578. The molecule has 0 aromatic rings. The second-order valence-corrected chi connectivity index (χ2v) is 5.48. The Bertz CT molecular complexity index is 339. The summed E-state index contributed by atoms with van der Waals surface area (Å²) in [6.07, 6.45) is 5.69. The maximum Gasteiger partial charge on any atom is 0.179 e. The van der Waals surface area contributed by atoms with Gasteiger partial charge in [-0.3, -0.25) is 0 Å². The molecule has 0 heterocycles. The van der Waals surface area contributed by atoms with Crippen LogP contribution in [0.2, 0.25) is 0 Å². The van der Waals surface area contributed by atoms with E-state index >= 15 is 0 Å². The highest BCUT2D eigenvalue weighted by atomic mass is 16.3. The number of aldehydes is 1. The van der Waals surface area contributed by atoms with Crippen LogP contribution in [0.15, 0.2) is 23.3 Å². The van der Waals surface area contributed by atoms with Gasteiger partial charge in [0.25, 0.3) is 0 Å². The number of hydrogen-bond acceptors (Lipinski definition) is 2. The minimum absolute atomic E-state index is 0.130. The number of allylic oxidation sites excluding steroid dienone is 2. The van der Waals surface area contributed by atoms with Gasteiger partial charge in [-0.1, -0.05) is 26.0 Å². The van der Waals surface area contributed by atoms with Crippen LogP contribution in [0.3, 0.4) is 0 Å². The van der Waals surface area contributed by atoms with Crippen molar-refractivity contribution in [2.45, 2.75) is 52.2 Å². The van der Waals surface area contributed by atoms with E-state index in [1.54, 1.807) is 0 Å². The zero-order valence-electron chi connectivity index (χ0n) is 10.9. The Hall–Kier alpha value is -0.930. The van der Waals surface area contributed by atoms with Gasteiger partial charge in [0.05, 0.1) is 6.10 Å². The standard InChI is InChI=1S/C14H22O3/c1-10-8-11(4-5-13(10)17)14(2,3)9-12(16)6-7-15/h4,7-8,12-13,16-17H,5-6,9H2,1-3H3/p+1. The molecule has 0 saturated carbocycles. The molecule has 1 aliphatic rings. The van der Waals surface area contributed by atoms with Crippen molar-refractivity contribution in [3.8, 4) is 0 Å². The van der Waals surface area contributed by atoms with Crippen LogP contribution in [0.25, 0.3) is 0 Å². The Balaban J connectivity index is 2.74. The molecule has 0 aromatic carbocycles. The third kappa shape index (κ3) is 3.79. The average molecular weight is 239 g/mol. The van der Waals surface area contributed by atoms with Gasteiger partial charge in [0, 0.05) is 18.4 Å². The predicted octanol–water partition coefficient (Wildman–Crippen LogP) is 1.72. The van der Waals surface area contributed by atoms with Crippen molar-refractivity contribution in [3.05, 3.63) is 23.3 Å². The fourth-order valence-corrected chi connectivity index (χ4v) is 2.21. The van der Waals surface area contributed by atoms with Gasteiger partial charge in [-0.25, -0.2) is 0 Å². The van der Waals surface area contributed by atoms with Gasteiger partial charge < -0.3 is 15.0 Å². The molecule has 3 nitrogen and oxygen atoms in total. The molecule has 0 aromatic heterocycles. The van der Waals surface area contributed by atoms with Crippen molar-refractivity contribution in [3.63, 3.8) is 0 Å². The van der Waals surface area contributed by atoms with E-state index in [9.17, 15) is 9.90 Å². The normalized spacial score (nSPS) is 22.8. The highest BCUT2D eigenvalue weighted by Crippen LogP contribution is 2.36. The number of carbonyl (C=O) groups excluding carboxylic acids is 1. The van der Waals surface area contributed by atoms with Crippen molar-refractivity contribution < 1.29 is 15.0 Å². The zero-order valence-corrected chi connectivity index (χ0v) is 10.9. The van der Waals surface area contributed by atoms with Crippen LogP contribution in [-0.2, 0) is 4.79 Å². The lowest BCUT2D eigenvalue weighted by Gasteiger charge is -2.30. The molecule has 0 radical (unpaired) electrons. The average Bonchev–Trinajstić information content (AvgIpc) is 2.21. The van der Waals surface area contributed by atoms with E-state index in [0.717, 1.165) is 18.3 Å². The van der Waals surface area contributed by atoms with E-state index in [4.69, 9.17) is 5.11 Å². The summed E-state index contributed by atoms with van der Waals surface area (Å²) in [5.41, 5.74) is 2.09. The van der Waals surface area contributed by atoms with Gasteiger partial charge in [-0.05, 0) is 24.3 Å². The van der Waals surface area contributed by atoms with Crippen LogP contribution in [0, 0.1) is 5.41 Å². The Labute approximate surface area is 103 Å². The third-order valence-electron chi connectivity index (χ3n) is 3.40. The molecule has 0 amide bonds. The lowest BCUT2D eigenvalue weighted by Crippen LogP contribution is -2.25. The Morgan fingerprint density at radius 2 is 2.29 bits per heavy atom. The van der Waals surface area contributed by atoms with Gasteiger partial charge in [-0.2, -0.15) is 0 Å². The largest absolute Gasteiger partial charge is 0.440 e. The summed E-state index contributed by atoms with van der Waals surface area (Å²) in [6, 6.07) is 0. The smallest absolute Gasteiger partial charge is 0.179 e. The maximum atomic E-state index is 10.4. The highest BCUT2D eigenvalue weighted by molar-refractivity contribution is 5.50. The first-order valence-electron chi connectivity index (χ1n) is 6.08. The number of aliphatic hydroxyl groups excluding tert-OH is 1. The Kier molecular flexibility index (Phi) is 4.66. The first-order valence-corrected chi connectivity index (χ1v) is 6.08. The van der Waals surface area contributed by atoms with Crippen LogP contribution >= 0.6 is 0 Å². The van der Waals surface area contributed by atoms with E-state index in [2.05, 4.69) is 26.0 Å². The molecule has 96 valence electrons. The van der Waals surface area contributed by atoms with E-state index in [0.29, 0.717) is 6.42 Å². The van der Waals surface area contributed by atoms with Crippen LogP contribution in [-0.4, -0.2) is 28.7 Å². The fraction of sp³-hybridized carbons (Fsp3) is 0.643. The lowest BCUT2D eigenvalue weighted by molar-refractivity contribution is -0.109. The van der Waals surface area contributed by atoms with Crippen LogP contribution in [0.1, 0.15) is 40.0 Å². The van der Waals surface area contributed by atoms with Gasteiger partial charge in [0.2, 0.25) is 0 Å². The molecule has 17 heavy (non-hydrogen) atoms. The second-order valence-electron chi connectivity index (χ2n) is 5.48. The van der Waals surface area contributed by atoms with Crippen molar-refractivity contribution >= 4 is 6.29 Å². The Morgan fingerprint density at radius 1 is 1.65 bits per heavy atom. The summed E-state index contributed by atoms with van der Waals surface area (Å²) >= 11 is 0. The first kappa shape index (κ1) is 14.1. The van der Waals surface area contributed by atoms with E-state index in [-0.39, 0.29) is 17.9 Å². The zero-order chi connectivity index (χ0) is 13.1. The fourth-order valence-electron chi connectivity index (χ4n) is 2.21. The molecular formula is C14H23O3+. The van der Waals surface area contributed by atoms with Crippen LogP contribution in [0.5, 0.6) is 0 Å².